The van der Waals surface area contributed by atoms with Crippen LogP contribution in [0.3, 0.4) is 0 Å². The first kappa shape index (κ1) is 11.9. The number of carbonyl (C=O) groups excluding carboxylic acids is 1. The van der Waals surface area contributed by atoms with E-state index in [1.165, 1.54) is 23.8 Å². The molecule has 1 fully saturated rings. The van der Waals surface area contributed by atoms with Gasteiger partial charge in [-0.3, -0.25) is 4.79 Å². The Morgan fingerprint density at radius 3 is 2.35 bits per heavy atom. The van der Waals surface area contributed by atoms with Gasteiger partial charge in [-0.15, -0.1) is 0 Å². The Labute approximate surface area is 102 Å². The van der Waals surface area contributed by atoms with E-state index >= 15 is 0 Å². The van der Waals surface area contributed by atoms with Crippen LogP contribution in [0.25, 0.3) is 5.57 Å². The molecule has 1 aliphatic carbocycles. The van der Waals surface area contributed by atoms with Gasteiger partial charge in [-0.2, -0.15) is 0 Å². The SMILES string of the molecule is COC(=O)C1/C(=C(/C)c2ccccc2)C1(C)C. The smallest absolute Gasteiger partial charge is 0.313 e. The first-order chi connectivity index (χ1) is 8.00. The molecule has 0 aromatic heterocycles. The molecule has 1 saturated carbocycles. The average molecular weight is 230 g/mol. The molecule has 2 rings (SSSR count). The number of esters is 1. The van der Waals surface area contributed by atoms with Crippen molar-refractivity contribution in [2.45, 2.75) is 20.8 Å². The van der Waals surface area contributed by atoms with E-state index in [2.05, 4.69) is 32.9 Å². The van der Waals surface area contributed by atoms with Crippen molar-refractivity contribution in [2.24, 2.45) is 11.3 Å². The quantitative estimate of drug-likeness (QED) is 0.729. The predicted molar refractivity (Wildman–Crippen MR) is 68.3 cm³/mol. The zero-order chi connectivity index (χ0) is 12.6. The molecule has 1 atom stereocenters. The first-order valence-corrected chi connectivity index (χ1v) is 5.84. The Morgan fingerprint density at radius 2 is 1.82 bits per heavy atom. The largest absolute Gasteiger partial charge is 0.469 e. The summed E-state index contributed by atoms with van der Waals surface area (Å²) in [6.07, 6.45) is 0. The normalized spacial score (nSPS) is 24.1. The van der Waals surface area contributed by atoms with E-state index in [-0.39, 0.29) is 17.3 Å². The number of carbonyl (C=O) groups is 1. The molecule has 0 saturated heterocycles. The van der Waals surface area contributed by atoms with E-state index in [1.807, 2.05) is 18.2 Å². The molecule has 0 heterocycles. The van der Waals surface area contributed by atoms with Crippen LogP contribution in [-0.4, -0.2) is 13.1 Å². The predicted octanol–water partition coefficient (Wildman–Crippen LogP) is 3.29. The topological polar surface area (TPSA) is 26.3 Å². The number of hydrogen-bond acceptors (Lipinski definition) is 2. The lowest BCUT2D eigenvalue weighted by atomic mass is 10.0. The average Bonchev–Trinajstić information content (AvgIpc) is 2.91. The van der Waals surface area contributed by atoms with Crippen molar-refractivity contribution in [3.8, 4) is 0 Å². The zero-order valence-corrected chi connectivity index (χ0v) is 10.8. The summed E-state index contributed by atoms with van der Waals surface area (Å²) in [7, 11) is 1.45. The molecule has 2 nitrogen and oxygen atoms in total. The maximum atomic E-state index is 11.7. The maximum absolute atomic E-state index is 11.7. The number of ether oxygens (including phenoxy) is 1. The molecule has 1 unspecified atom stereocenters. The second kappa shape index (κ2) is 4.02. The maximum Gasteiger partial charge on any atom is 0.313 e. The van der Waals surface area contributed by atoms with Crippen molar-refractivity contribution in [1.82, 2.24) is 0 Å². The standard InChI is InChI=1S/C15H18O2/c1-10(11-8-6-5-7-9-11)12-13(14(16)17-4)15(12,2)3/h5-9,13H,1-4H3/b12-10+. The number of methoxy groups -OCH3 is 1. The molecular formula is C15H18O2. The molecule has 90 valence electrons. The molecule has 1 aromatic carbocycles. The minimum absolute atomic E-state index is 0.0625. The van der Waals surface area contributed by atoms with Gasteiger partial charge >= 0.3 is 5.97 Å². The monoisotopic (exact) mass is 230 g/mol. The van der Waals surface area contributed by atoms with Crippen LogP contribution in [0, 0.1) is 11.3 Å². The second-order valence-electron chi connectivity index (χ2n) is 5.08. The van der Waals surface area contributed by atoms with E-state index in [0.717, 1.165) is 0 Å². The molecule has 0 aliphatic heterocycles. The summed E-state index contributed by atoms with van der Waals surface area (Å²) >= 11 is 0. The lowest BCUT2D eigenvalue weighted by Gasteiger charge is -2.01. The third-order valence-electron chi connectivity index (χ3n) is 3.67. The third-order valence-corrected chi connectivity index (χ3v) is 3.67. The van der Waals surface area contributed by atoms with Gasteiger partial charge in [-0.05, 0) is 23.6 Å². The molecule has 17 heavy (non-hydrogen) atoms. The van der Waals surface area contributed by atoms with Gasteiger partial charge in [0, 0.05) is 5.41 Å². The van der Waals surface area contributed by atoms with Crippen LogP contribution in [-0.2, 0) is 9.53 Å². The highest BCUT2D eigenvalue weighted by molar-refractivity contribution is 5.89. The molecule has 0 bridgehead atoms. The summed E-state index contributed by atoms with van der Waals surface area (Å²) in [6.45, 7) is 6.27. The van der Waals surface area contributed by atoms with Gasteiger partial charge in [-0.1, -0.05) is 44.2 Å². The van der Waals surface area contributed by atoms with Crippen LogP contribution in [0.5, 0.6) is 0 Å². The highest BCUT2D eigenvalue weighted by Crippen LogP contribution is 2.61. The van der Waals surface area contributed by atoms with E-state index in [0.29, 0.717) is 0 Å². The highest BCUT2D eigenvalue weighted by Gasteiger charge is 2.58. The Bertz CT molecular complexity index is 469. The molecular weight excluding hydrogens is 212 g/mol. The molecule has 0 spiro atoms. The summed E-state index contributed by atoms with van der Waals surface area (Å²) in [5, 5.41) is 0. The van der Waals surface area contributed by atoms with Crippen LogP contribution >= 0.6 is 0 Å². The van der Waals surface area contributed by atoms with Crippen molar-refractivity contribution in [3.05, 3.63) is 41.5 Å². The summed E-state index contributed by atoms with van der Waals surface area (Å²) in [6, 6.07) is 10.2. The Balaban J connectivity index is 2.38. The minimum Gasteiger partial charge on any atom is -0.469 e. The van der Waals surface area contributed by atoms with Gasteiger partial charge in [0.2, 0.25) is 0 Å². The first-order valence-electron chi connectivity index (χ1n) is 5.84. The van der Waals surface area contributed by atoms with Crippen molar-refractivity contribution in [2.75, 3.05) is 7.11 Å². The van der Waals surface area contributed by atoms with Gasteiger partial charge in [0.1, 0.15) is 0 Å². The fourth-order valence-corrected chi connectivity index (χ4v) is 2.62. The number of rotatable bonds is 2. The molecule has 1 aromatic rings. The lowest BCUT2D eigenvalue weighted by Crippen LogP contribution is -2.07. The number of hydrogen-bond donors (Lipinski definition) is 0. The summed E-state index contributed by atoms with van der Waals surface area (Å²) in [5.41, 5.74) is 3.52. The van der Waals surface area contributed by atoms with Crippen LogP contribution in [0.15, 0.2) is 35.9 Å². The molecule has 0 radical (unpaired) electrons. The molecule has 2 heteroatoms. The van der Waals surface area contributed by atoms with Crippen molar-refractivity contribution in [1.29, 1.82) is 0 Å². The fraction of sp³-hybridized carbons (Fsp3) is 0.400. The lowest BCUT2D eigenvalue weighted by molar-refractivity contribution is -0.142. The summed E-state index contributed by atoms with van der Waals surface area (Å²) in [4.78, 5) is 11.7. The van der Waals surface area contributed by atoms with Crippen LogP contribution in [0.1, 0.15) is 26.3 Å². The molecule has 1 aliphatic rings. The Kier molecular flexibility index (Phi) is 2.82. The van der Waals surface area contributed by atoms with Gasteiger partial charge in [0.25, 0.3) is 0 Å². The Hall–Kier alpha value is -1.57. The summed E-state index contributed by atoms with van der Waals surface area (Å²) < 4.78 is 4.85. The number of benzene rings is 1. The van der Waals surface area contributed by atoms with E-state index in [9.17, 15) is 4.79 Å². The van der Waals surface area contributed by atoms with Crippen LogP contribution in [0.4, 0.5) is 0 Å². The fourth-order valence-electron chi connectivity index (χ4n) is 2.62. The minimum atomic E-state index is -0.125. The van der Waals surface area contributed by atoms with E-state index in [4.69, 9.17) is 4.74 Å². The number of allylic oxidation sites excluding steroid dienone is 1. The molecule has 0 N–H and O–H groups in total. The third kappa shape index (κ3) is 1.88. The molecule has 0 amide bonds. The van der Waals surface area contributed by atoms with Crippen LogP contribution in [0.2, 0.25) is 0 Å². The van der Waals surface area contributed by atoms with Crippen molar-refractivity contribution < 1.29 is 9.53 Å². The van der Waals surface area contributed by atoms with Gasteiger partial charge in [0.15, 0.2) is 0 Å². The zero-order valence-electron chi connectivity index (χ0n) is 10.8. The van der Waals surface area contributed by atoms with Gasteiger partial charge < -0.3 is 4.74 Å². The van der Waals surface area contributed by atoms with Crippen LogP contribution < -0.4 is 0 Å². The summed E-state index contributed by atoms with van der Waals surface area (Å²) in [5.74, 6) is -0.201. The Morgan fingerprint density at radius 1 is 1.24 bits per heavy atom. The highest BCUT2D eigenvalue weighted by atomic mass is 16.5. The van der Waals surface area contributed by atoms with E-state index in [1.54, 1.807) is 0 Å². The van der Waals surface area contributed by atoms with E-state index < -0.39 is 0 Å². The van der Waals surface area contributed by atoms with Gasteiger partial charge in [0.05, 0.1) is 13.0 Å². The van der Waals surface area contributed by atoms with Crippen molar-refractivity contribution in [3.63, 3.8) is 0 Å². The van der Waals surface area contributed by atoms with Crippen molar-refractivity contribution >= 4 is 11.5 Å². The second-order valence-corrected chi connectivity index (χ2v) is 5.08. The van der Waals surface area contributed by atoms with Gasteiger partial charge in [-0.25, -0.2) is 0 Å².